The number of carbonyl (C=O) groups is 1. The van der Waals surface area contributed by atoms with Crippen LogP contribution in [0.4, 0.5) is 11.4 Å². The Morgan fingerprint density at radius 1 is 0.667 bits per heavy atom. The molecule has 1 amide bonds. The van der Waals surface area contributed by atoms with Gasteiger partial charge in [0.25, 0.3) is 10.0 Å². The molecule has 0 spiro atoms. The number of hydrogen-bond donors (Lipinski definition) is 3. The molecule has 0 aliphatic rings. The fourth-order valence-electron chi connectivity index (χ4n) is 2.88. The molecule has 0 aliphatic carbocycles. The molecule has 3 aromatic carbocycles. The number of anilines is 2. The van der Waals surface area contributed by atoms with Crippen LogP contribution >= 0.6 is 0 Å². The van der Waals surface area contributed by atoms with E-state index in [1.807, 2.05) is 13.8 Å². The number of hydrogen-bond acceptors (Lipinski definition) is 5. The highest BCUT2D eigenvalue weighted by molar-refractivity contribution is 7.92. The second-order valence-corrected chi connectivity index (χ2v) is 11.0. The summed E-state index contributed by atoms with van der Waals surface area (Å²) in [7, 11) is -7.47. The van der Waals surface area contributed by atoms with Crippen molar-refractivity contribution in [1.82, 2.24) is 4.72 Å². The van der Waals surface area contributed by atoms with Gasteiger partial charge in [-0.15, -0.1) is 0 Å². The van der Waals surface area contributed by atoms with Gasteiger partial charge in [-0.25, -0.2) is 21.6 Å². The van der Waals surface area contributed by atoms with Crippen LogP contribution in [0.2, 0.25) is 0 Å². The zero-order valence-corrected chi connectivity index (χ0v) is 19.8. The standard InChI is InChI=1S/C23H25N3O5S2/c1-17-3-7-20(8-4-17)26-33(30,31)22-13-9-19(10-14-22)25-23(27)15-16-24-32(28,29)21-11-5-18(2)6-12-21/h3-14,24,26H,15-16H2,1-2H3,(H,25,27). The van der Waals surface area contributed by atoms with Crippen LogP contribution in [0.1, 0.15) is 17.5 Å². The lowest BCUT2D eigenvalue weighted by Gasteiger charge is -2.10. The summed E-state index contributed by atoms with van der Waals surface area (Å²) >= 11 is 0. The van der Waals surface area contributed by atoms with Crippen LogP contribution in [0, 0.1) is 13.8 Å². The molecule has 3 aromatic rings. The highest BCUT2D eigenvalue weighted by Crippen LogP contribution is 2.19. The van der Waals surface area contributed by atoms with Gasteiger partial charge in [0.05, 0.1) is 9.79 Å². The van der Waals surface area contributed by atoms with E-state index < -0.39 is 26.0 Å². The van der Waals surface area contributed by atoms with E-state index in [0.29, 0.717) is 11.4 Å². The van der Waals surface area contributed by atoms with E-state index in [2.05, 4.69) is 14.8 Å². The summed E-state index contributed by atoms with van der Waals surface area (Å²) in [5.41, 5.74) is 2.81. The molecule has 0 fully saturated rings. The largest absolute Gasteiger partial charge is 0.326 e. The van der Waals surface area contributed by atoms with Gasteiger partial charge in [0, 0.05) is 24.3 Å². The van der Waals surface area contributed by atoms with Gasteiger partial charge >= 0.3 is 0 Å². The van der Waals surface area contributed by atoms with Crippen LogP contribution in [0.25, 0.3) is 0 Å². The van der Waals surface area contributed by atoms with Gasteiger partial charge in [-0.1, -0.05) is 35.4 Å². The van der Waals surface area contributed by atoms with Crippen LogP contribution in [-0.2, 0) is 24.8 Å². The van der Waals surface area contributed by atoms with Crippen molar-refractivity contribution in [3.8, 4) is 0 Å². The maximum Gasteiger partial charge on any atom is 0.261 e. The smallest absolute Gasteiger partial charge is 0.261 e. The lowest BCUT2D eigenvalue weighted by Crippen LogP contribution is -2.27. The number of sulfonamides is 2. The topological polar surface area (TPSA) is 121 Å². The van der Waals surface area contributed by atoms with Crippen molar-refractivity contribution in [2.24, 2.45) is 0 Å². The summed E-state index contributed by atoms with van der Waals surface area (Å²) in [6, 6.07) is 19.1. The van der Waals surface area contributed by atoms with Crippen LogP contribution in [0.3, 0.4) is 0 Å². The molecule has 10 heteroatoms. The minimum atomic E-state index is -3.77. The zero-order chi connectivity index (χ0) is 24.1. The second-order valence-electron chi connectivity index (χ2n) is 7.50. The van der Waals surface area contributed by atoms with Gasteiger partial charge < -0.3 is 5.32 Å². The Morgan fingerprint density at radius 2 is 1.12 bits per heavy atom. The summed E-state index contributed by atoms with van der Waals surface area (Å²) in [5.74, 6) is -0.407. The third-order valence-corrected chi connectivity index (χ3v) is 7.60. The first-order chi connectivity index (χ1) is 15.5. The van der Waals surface area contributed by atoms with Gasteiger partial charge in [0.2, 0.25) is 15.9 Å². The normalized spacial score (nSPS) is 11.7. The number of aryl methyl sites for hydroxylation is 2. The van der Waals surface area contributed by atoms with E-state index in [1.165, 1.54) is 36.4 Å². The van der Waals surface area contributed by atoms with Gasteiger partial charge in [0.15, 0.2) is 0 Å². The van der Waals surface area contributed by atoms with Crippen molar-refractivity contribution in [3.63, 3.8) is 0 Å². The first-order valence-electron chi connectivity index (χ1n) is 10.1. The summed E-state index contributed by atoms with van der Waals surface area (Å²) < 4.78 is 54.5. The van der Waals surface area contributed by atoms with Crippen molar-refractivity contribution in [2.45, 2.75) is 30.1 Å². The minimum Gasteiger partial charge on any atom is -0.326 e. The van der Waals surface area contributed by atoms with Gasteiger partial charge in [-0.05, 0) is 62.4 Å². The SMILES string of the molecule is Cc1ccc(NS(=O)(=O)c2ccc(NC(=O)CCNS(=O)(=O)c3ccc(C)cc3)cc2)cc1. The van der Waals surface area contributed by atoms with E-state index in [0.717, 1.165) is 11.1 Å². The van der Waals surface area contributed by atoms with Crippen molar-refractivity contribution in [2.75, 3.05) is 16.6 Å². The van der Waals surface area contributed by atoms with E-state index in [-0.39, 0.29) is 22.8 Å². The first kappa shape index (κ1) is 24.4. The second kappa shape index (κ2) is 10.2. The molecule has 0 aliphatic heterocycles. The molecule has 0 unspecified atom stereocenters. The molecule has 3 N–H and O–H groups in total. The quantitative estimate of drug-likeness (QED) is 0.427. The molecule has 174 valence electrons. The highest BCUT2D eigenvalue weighted by atomic mass is 32.2. The molecule has 0 radical (unpaired) electrons. The molecule has 33 heavy (non-hydrogen) atoms. The van der Waals surface area contributed by atoms with Crippen LogP contribution in [0.5, 0.6) is 0 Å². The maximum atomic E-state index is 12.5. The Labute approximate surface area is 194 Å². The molecular formula is C23H25N3O5S2. The molecule has 0 saturated heterocycles. The Kier molecular flexibility index (Phi) is 7.52. The van der Waals surface area contributed by atoms with E-state index in [9.17, 15) is 21.6 Å². The Hall–Kier alpha value is -3.21. The van der Waals surface area contributed by atoms with Crippen molar-refractivity contribution < 1.29 is 21.6 Å². The molecule has 0 bridgehead atoms. The predicted octanol–water partition coefficient (Wildman–Crippen LogP) is 3.41. The van der Waals surface area contributed by atoms with Crippen LogP contribution in [0.15, 0.2) is 82.6 Å². The molecule has 0 heterocycles. The number of amides is 1. The average Bonchev–Trinajstić information content (AvgIpc) is 2.76. The van der Waals surface area contributed by atoms with Crippen molar-refractivity contribution in [3.05, 3.63) is 83.9 Å². The number of benzene rings is 3. The monoisotopic (exact) mass is 487 g/mol. The Bertz CT molecular complexity index is 1320. The van der Waals surface area contributed by atoms with Crippen molar-refractivity contribution >= 4 is 37.3 Å². The molecule has 0 atom stereocenters. The zero-order valence-electron chi connectivity index (χ0n) is 18.2. The average molecular weight is 488 g/mol. The molecule has 0 saturated carbocycles. The third kappa shape index (κ3) is 6.88. The van der Waals surface area contributed by atoms with E-state index in [1.54, 1.807) is 36.4 Å². The predicted molar refractivity (Wildman–Crippen MR) is 128 cm³/mol. The first-order valence-corrected chi connectivity index (χ1v) is 13.1. The molecular weight excluding hydrogens is 462 g/mol. The summed E-state index contributed by atoms with van der Waals surface area (Å²) in [6.07, 6.45) is -0.0832. The Balaban J connectivity index is 1.53. The maximum absolute atomic E-state index is 12.5. The van der Waals surface area contributed by atoms with E-state index in [4.69, 9.17) is 0 Å². The Morgan fingerprint density at radius 3 is 1.70 bits per heavy atom. The summed E-state index contributed by atoms with van der Waals surface area (Å²) in [6.45, 7) is 3.69. The fourth-order valence-corrected chi connectivity index (χ4v) is 4.97. The number of carbonyl (C=O) groups excluding carboxylic acids is 1. The lowest BCUT2D eigenvalue weighted by atomic mass is 10.2. The van der Waals surface area contributed by atoms with Gasteiger partial charge in [-0.2, -0.15) is 0 Å². The van der Waals surface area contributed by atoms with E-state index >= 15 is 0 Å². The van der Waals surface area contributed by atoms with Crippen LogP contribution in [-0.4, -0.2) is 29.3 Å². The van der Waals surface area contributed by atoms with Gasteiger partial charge in [0.1, 0.15) is 0 Å². The fraction of sp³-hybridized carbons (Fsp3) is 0.174. The third-order valence-electron chi connectivity index (χ3n) is 4.73. The molecule has 3 rings (SSSR count). The summed E-state index contributed by atoms with van der Waals surface area (Å²) in [5, 5.41) is 2.62. The highest BCUT2D eigenvalue weighted by Gasteiger charge is 2.16. The minimum absolute atomic E-state index is 0.0481. The summed E-state index contributed by atoms with van der Waals surface area (Å²) in [4.78, 5) is 12.3. The molecule has 8 nitrogen and oxygen atoms in total. The number of rotatable bonds is 9. The van der Waals surface area contributed by atoms with Gasteiger partial charge in [-0.3, -0.25) is 9.52 Å². The lowest BCUT2D eigenvalue weighted by molar-refractivity contribution is -0.116. The van der Waals surface area contributed by atoms with Crippen molar-refractivity contribution in [1.29, 1.82) is 0 Å². The molecule has 0 aromatic heterocycles. The van der Waals surface area contributed by atoms with Crippen LogP contribution < -0.4 is 14.8 Å². The number of nitrogens with one attached hydrogen (secondary N) is 3.